The van der Waals surface area contributed by atoms with E-state index in [4.69, 9.17) is 9.47 Å². The van der Waals surface area contributed by atoms with Crippen LogP contribution in [0.4, 0.5) is 10.1 Å². The third-order valence-electron chi connectivity index (χ3n) is 2.86. The molecule has 0 saturated carbocycles. The maximum absolute atomic E-state index is 13.1. The van der Waals surface area contributed by atoms with Crippen LogP contribution in [0, 0.1) is 15.9 Å². The highest BCUT2D eigenvalue weighted by Crippen LogP contribution is 2.39. The summed E-state index contributed by atoms with van der Waals surface area (Å²) in [5, 5.41) is 11.0. The molecule has 21 heavy (non-hydrogen) atoms. The summed E-state index contributed by atoms with van der Waals surface area (Å²) in [7, 11) is 0. The van der Waals surface area contributed by atoms with Crippen molar-refractivity contribution in [2.24, 2.45) is 0 Å². The van der Waals surface area contributed by atoms with Gasteiger partial charge in [-0.3, -0.25) is 10.1 Å². The number of fused-ring (bicyclic) bond motifs is 1. The molecule has 1 aliphatic rings. The minimum atomic E-state index is -0.631. The van der Waals surface area contributed by atoms with Gasteiger partial charge in [-0.1, -0.05) is 11.8 Å². The van der Waals surface area contributed by atoms with Crippen LogP contribution in [0.15, 0.2) is 46.2 Å². The average molecular weight is 307 g/mol. The van der Waals surface area contributed by atoms with E-state index in [1.54, 1.807) is 18.2 Å². The van der Waals surface area contributed by atoms with Crippen molar-refractivity contribution in [3.63, 3.8) is 0 Å². The first-order valence-corrected chi connectivity index (χ1v) is 6.96. The summed E-state index contributed by atoms with van der Waals surface area (Å²) >= 11 is 1.18. The van der Waals surface area contributed by atoms with Crippen LogP contribution in [0.25, 0.3) is 0 Å². The van der Waals surface area contributed by atoms with Crippen LogP contribution in [0.3, 0.4) is 0 Å². The molecule has 0 atom stereocenters. The van der Waals surface area contributed by atoms with Crippen molar-refractivity contribution in [1.29, 1.82) is 0 Å². The third kappa shape index (κ3) is 2.92. The number of ether oxygens (including phenoxy) is 2. The molecule has 2 aromatic rings. The molecule has 0 saturated heterocycles. The number of nitrogens with zero attached hydrogens (tertiary/aromatic N) is 1. The first-order chi connectivity index (χ1) is 10.1. The molecule has 5 nitrogen and oxygen atoms in total. The van der Waals surface area contributed by atoms with Gasteiger partial charge >= 0.3 is 0 Å². The number of halogens is 1. The highest BCUT2D eigenvalue weighted by molar-refractivity contribution is 7.99. The second-order valence-corrected chi connectivity index (χ2v) is 5.39. The van der Waals surface area contributed by atoms with Gasteiger partial charge in [-0.05, 0) is 30.3 Å². The molecule has 0 fully saturated rings. The number of hydrogen-bond donors (Lipinski definition) is 0. The van der Waals surface area contributed by atoms with Gasteiger partial charge in [0.1, 0.15) is 19.0 Å². The summed E-state index contributed by atoms with van der Waals surface area (Å²) in [5.41, 5.74) is -0.255. The largest absolute Gasteiger partial charge is 0.486 e. The Morgan fingerprint density at radius 2 is 1.86 bits per heavy atom. The van der Waals surface area contributed by atoms with E-state index in [0.29, 0.717) is 29.6 Å². The predicted octanol–water partition coefficient (Wildman–Crippen LogP) is 3.66. The van der Waals surface area contributed by atoms with Crippen LogP contribution in [0.1, 0.15) is 0 Å². The number of nitro groups is 1. The van der Waals surface area contributed by atoms with E-state index in [1.165, 1.54) is 23.9 Å². The molecule has 108 valence electrons. The molecular formula is C14H10FNO4S. The van der Waals surface area contributed by atoms with Gasteiger partial charge in [-0.2, -0.15) is 0 Å². The first-order valence-electron chi connectivity index (χ1n) is 6.15. The summed E-state index contributed by atoms with van der Waals surface area (Å²) in [6, 6.07) is 8.81. The van der Waals surface area contributed by atoms with E-state index in [1.807, 2.05) is 0 Å². The second kappa shape index (κ2) is 5.61. The molecule has 1 heterocycles. The van der Waals surface area contributed by atoms with E-state index in [-0.39, 0.29) is 5.69 Å². The van der Waals surface area contributed by atoms with Crippen molar-refractivity contribution < 1.29 is 18.8 Å². The summed E-state index contributed by atoms with van der Waals surface area (Å²) in [4.78, 5) is 11.5. The minimum Gasteiger partial charge on any atom is -0.486 e. The molecule has 0 amide bonds. The van der Waals surface area contributed by atoms with Crippen LogP contribution < -0.4 is 9.47 Å². The van der Waals surface area contributed by atoms with E-state index in [9.17, 15) is 14.5 Å². The van der Waals surface area contributed by atoms with Gasteiger partial charge in [0.2, 0.25) is 0 Å². The quantitative estimate of drug-likeness (QED) is 0.639. The van der Waals surface area contributed by atoms with Gasteiger partial charge in [0.25, 0.3) is 5.69 Å². The molecule has 3 rings (SSSR count). The van der Waals surface area contributed by atoms with Gasteiger partial charge in [0, 0.05) is 4.90 Å². The normalized spacial score (nSPS) is 13.0. The predicted molar refractivity (Wildman–Crippen MR) is 74.6 cm³/mol. The maximum Gasteiger partial charge on any atom is 0.286 e. The molecule has 0 bridgehead atoms. The van der Waals surface area contributed by atoms with Gasteiger partial charge in [0.05, 0.1) is 15.9 Å². The van der Waals surface area contributed by atoms with Crippen LogP contribution in [0.5, 0.6) is 11.5 Å². The Balaban J connectivity index is 1.92. The van der Waals surface area contributed by atoms with Crippen molar-refractivity contribution in [1.82, 2.24) is 0 Å². The van der Waals surface area contributed by atoms with E-state index in [0.717, 1.165) is 11.0 Å². The molecular weight excluding hydrogens is 297 g/mol. The van der Waals surface area contributed by atoms with E-state index < -0.39 is 10.7 Å². The highest BCUT2D eigenvalue weighted by atomic mass is 32.2. The average Bonchev–Trinajstić information content (AvgIpc) is 2.49. The van der Waals surface area contributed by atoms with Crippen molar-refractivity contribution in [2.45, 2.75) is 9.79 Å². The fourth-order valence-electron chi connectivity index (χ4n) is 1.93. The molecule has 2 aromatic carbocycles. The van der Waals surface area contributed by atoms with Gasteiger partial charge in [-0.25, -0.2) is 4.39 Å². The highest BCUT2D eigenvalue weighted by Gasteiger charge is 2.18. The number of rotatable bonds is 3. The Labute approximate surface area is 123 Å². The fraction of sp³-hybridized carbons (Fsp3) is 0.143. The Morgan fingerprint density at radius 3 is 2.62 bits per heavy atom. The van der Waals surface area contributed by atoms with Crippen molar-refractivity contribution in [3.05, 3.63) is 52.3 Å². The SMILES string of the molecule is O=[N+]([O-])c1cc(F)ccc1Sc1ccc2c(c1)OCCO2. The zero-order chi connectivity index (χ0) is 14.8. The Bertz CT molecular complexity index is 707. The smallest absolute Gasteiger partial charge is 0.286 e. The van der Waals surface area contributed by atoms with Crippen molar-refractivity contribution in [3.8, 4) is 11.5 Å². The summed E-state index contributed by atoms with van der Waals surface area (Å²) in [5.74, 6) is 0.628. The summed E-state index contributed by atoms with van der Waals surface area (Å²) < 4.78 is 24.0. The standard InChI is InChI=1S/C14H10FNO4S/c15-9-1-4-14(11(7-9)16(17)18)21-10-2-3-12-13(8-10)20-6-5-19-12/h1-4,7-8H,5-6H2. The molecule has 0 unspecified atom stereocenters. The lowest BCUT2D eigenvalue weighted by atomic mass is 10.3. The van der Waals surface area contributed by atoms with Crippen LogP contribution in [0.2, 0.25) is 0 Å². The van der Waals surface area contributed by atoms with Gasteiger partial charge in [-0.15, -0.1) is 0 Å². The molecule has 1 aliphatic heterocycles. The van der Waals surface area contributed by atoms with Crippen LogP contribution in [-0.2, 0) is 0 Å². The lowest BCUT2D eigenvalue weighted by molar-refractivity contribution is -0.387. The molecule has 0 aliphatic carbocycles. The van der Waals surface area contributed by atoms with Crippen molar-refractivity contribution in [2.75, 3.05) is 13.2 Å². The number of nitro benzene ring substituents is 1. The van der Waals surface area contributed by atoms with Crippen LogP contribution in [-0.4, -0.2) is 18.1 Å². The van der Waals surface area contributed by atoms with Crippen LogP contribution >= 0.6 is 11.8 Å². The van der Waals surface area contributed by atoms with E-state index >= 15 is 0 Å². The Hall–Kier alpha value is -2.28. The lowest BCUT2D eigenvalue weighted by Crippen LogP contribution is -2.15. The number of benzene rings is 2. The van der Waals surface area contributed by atoms with Crippen molar-refractivity contribution >= 4 is 17.4 Å². The fourth-order valence-corrected chi connectivity index (χ4v) is 2.86. The molecule has 7 heteroatoms. The zero-order valence-corrected chi connectivity index (χ0v) is 11.6. The first kappa shape index (κ1) is 13.7. The Kier molecular flexibility index (Phi) is 3.66. The maximum atomic E-state index is 13.1. The minimum absolute atomic E-state index is 0.255. The number of hydrogen-bond acceptors (Lipinski definition) is 5. The summed E-state index contributed by atoms with van der Waals surface area (Å²) in [6.45, 7) is 0.973. The Morgan fingerprint density at radius 1 is 1.10 bits per heavy atom. The van der Waals surface area contributed by atoms with Gasteiger partial charge < -0.3 is 9.47 Å². The molecule has 0 N–H and O–H groups in total. The van der Waals surface area contributed by atoms with E-state index in [2.05, 4.69) is 0 Å². The third-order valence-corrected chi connectivity index (χ3v) is 3.91. The molecule has 0 aromatic heterocycles. The monoisotopic (exact) mass is 307 g/mol. The second-order valence-electron chi connectivity index (χ2n) is 4.28. The molecule has 0 spiro atoms. The topological polar surface area (TPSA) is 61.6 Å². The lowest BCUT2D eigenvalue weighted by Gasteiger charge is -2.18. The molecule has 0 radical (unpaired) electrons. The zero-order valence-electron chi connectivity index (χ0n) is 10.7. The summed E-state index contributed by atoms with van der Waals surface area (Å²) in [6.07, 6.45) is 0. The van der Waals surface area contributed by atoms with Gasteiger partial charge in [0.15, 0.2) is 11.5 Å².